The van der Waals surface area contributed by atoms with Gasteiger partial charge in [-0.25, -0.2) is 19.9 Å². The minimum Gasteiger partial charge on any atom is -0.353 e. The SMILES string of the molecule is Cc1ccnc(Nc2cc(N3CCN(C(=O)CCn4cnc5ccccc5c4=O)CC3)ncn2)c1. The van der Waals surface area contributed by atoms with Gasteiger partial charge in [0.15, 0.2) is 0 Å². The number of aryl methyl sites for hydroxylation is 2. The van der Waals surface area contributed by atoms with E-state index < -0.39 is 0 Å². The molecule has 1 fully saturated rings. The maximum absolute atomic E-state index is 12.8. The highest BCUT2D eigenvalue weighted by Gasteiger charge is 2.22. The van der Waals surface area contributed by atoms with Gasteiger partial charge in [0.25, 0.3) is 5.56 Å². The van der Waals surface area contributed by atoms with E-state index in [-0.39, 0.29) is 17.9 Å². The Morgan fingerprint density at radius 1 is 0.971 bits per heavy atom. The van der Waals surface area contributed by atoms with Crippen molar-refractivity contribution in [2.24, 2.45) is 0 Å². The van der Waals surface area contributed by atoms with Crippen LogP contribution < -0.4 is 15.8 Å². The molecule has 178 valence electrons. The monoisotopic (exact) mass is 470 g/mol. The van der Waals surface area contributed by atoms with Crippen LogP contribution in [0, 0.1) is 6.92 Å². The maximum Gasteiger partial charge on any atom is 0.261 e. The van der Waals surface area contributed by atoms with Gasteiger partial charge < -0.3 is 15.1 Å². The number of nitrogens with one attached hydrogen (secondary N) is 1. The highest BCUT2D eigenvalue weighted by Crippen LogP contribution is 2.19. The van der Waals surface area contributed by atoms with Crippen LogP contribution in [-0.2, 0) is 11.3 Å². The normalized spacial score (nSPS) is 13.7. The minimum atomic E-state index is -0.123. The second kappa shape index (κ2) is 9.88. The van der Waals surface area contributed by atoms with Crippen molar-refractivity contribution in [3.8, 4) is 0 Å². The van der Waals surface area contributed by atoms with Crippen LogP contribution >= 0.6 is 0 Å². The third kappa shape index (κ3) is 5.11. The van der Waals surface area contributed by atoms with Gasteiger partial charge in [0.1, 0.15) is 23.8 Å². The van der Waals surface area contributed by atoms with Crippen LogP contribution in [0.2, 0.25) is 0 Å². The van der Waals surface area contributed by atoms with Crippen LogP contribution in [0.5, 0.6) is 0 Å². The number of benzene rings is 1. The molecule has 0 unspecified atom stereocenters. The first kappa shape index (κ1) is 22.5. The van der Waals surface area contributed by atoms with Crippen molar-refractivity contribution in [3.63, 3.8) is 0 Å². The molecule has 1 saturated heterocycles. The molecule has 10 nitrogen and oxygen atoms in total. The van der Waals surface area contributed by atoms with Crippen molar-refractivity contribution in [2.75, 3.05) is 36.4 Å². The number of carbonyl (C=O) groups excluding carboxylic acids is 1. The van der Waals surface area contributed by atoms with Crippen LogP contribution in [0.15, 0.2) is 66.1 Å². The van der Waals surface area contributed by atoms with E-state index in [0.29, 0.717) is 49.4 Å². The Hall–Kier alpha value is -4.34. The molecule has 5 rings (SSSR count). The first-order chi connectivity index (χ1) is 17.1. The number of para-hydroxylation sites is 1. The molecule has 1 N–H and O–H groups in total. The Kier molecular flexibility index (Phi) is 6.34. The molecule has 0 saturated carbocycles. The number of hydrogen-bond acceptors (Lipinski definition) is 8. The number of carbonyl (C=O) groups is 1. The number of hydrogen-bond donors (Lipinski definition) is 1. The molecule has 1 amide bonds. The van der Waals surface area contributed by atoms with Gasteiger partial charge in [-0.3, -0.25) is 14.2 Å². The molecule has 3 aromatic heterocycles. The number of pyridine rings is 1. The van der Waals surface area contributed by atoms with Gasteiger partial charge in [0.2, 0.25) is 5.91 Å². The third-order valence-electron chi connectivity index (χ3n) is 6.08. The van der Waals surface area contributed by atoms with E-state index in [1.54, 1.807) is 12.3 Å². The summed E-state index contributed by atoms with van der Waals surface area (Å²) in [4.78, 5) is 46.8. The lowest BCUT2D eigenvalue weighted by Crippen LogP contribution is -2.49. The van der Waals surface area contributed by atoms with Crippen LogP contribution in [0.3, 0.4) is 0 Å². The van der Waals surface area contributed by atoms with E-state index >= 15 is 0 Å². The Bertz CT molecular complexity index is 1410. The molecular weight excluding hydrogens is 444 g/mol. The van der Waals surface area contributed by atoms with E-state index in [4.69, 9.17) is 0 Å². The van der Waals surface area contributed by atoms with E-state index in [9.17, 15) is 9.59 Å². The van der Waals surface area contributed by atoms with E-state index in [1.165, 1.54) is 17.2 Å². The van der Waals surface area contributed by atoms with Crippen LogP contribution in [0.25, 0.3) is 10.9 Å². The fourth-order valence-corrected chi connectivity index (χ4v) is 4.15. The molecule has 1 aromatic carbocycles. The maximum atomic E-state index is 12.8. The van der Waals surface area contributed by atoms with Crippen molar-refractivity contribution in [1.29, 1.82) is 0 Å². The summed E-state index contributed by atoms with van der Waals surface area (Å²) in [7, 11) is 0. The van der Waals surface area contributed by atoms with Gasteiger partial charge in [0.05, 0.1) is 17.2 Å². The Morgan fingerprint density at radius 2 is 1.77 bits per heavy atom. The summed E-state index contributed by atoms with van der Waals surface area (Å²) in [6, 6.07) is 13.0. The zero-order chi connectivity index (χ0) is 24.2. The second-order valence-electron chi connectivity index (χ2n) is 8.48. The highest BCUT2D eigenvalue weighted by atomic mass is 16.2. The summed E-state index contributed by atoms with van der Waals surface area (Å²) in [5.41, 5.74) is 1.65. The van der Waals surface area contributed by atoms with Crippen LogP contribution in [0.4, 0.5) is 17.5 Å². The van der Waals surface area contributed by atoms with Crippen LogP contribution in [0.1, 0.15) is 12.0 Å². The van der Waals surface area contributed by atoms with Gasteiger partial charge in [-0.05, 0) is 36.8 Å². The number of anilines is 3. The Labute approximate surface area is 202 Å². The molecule has 0 spiro atoms. The van der Waals surface area contributed by atoms with Crippen molar-refractivity contribution in [3.05, 3.63) is 77.2 Å². The average Bonchev–Trinajstić information content (AvgIpc) is 2.88. The minimum absolute atomic E-state index is 0.0280. The van der Waals surface area contributed by atoms with Gasteiger partial charge in [-0.2, -0.15) is 0 Å². The summed E-state index contributed by atoms with van der Waals surface area (Å²) in [5.74, 6) is 2.23. The summed E-state index contributed by atoms with van der Waals surface area (Å²) in [6.07, 6.45) is 5.05. The quantitative estimate of drug-likeness (QED) is 0.458. The molecule has 1 aliphatic heterocycles. The van der Waals surface area contributed by atoms with Crippen molar-refractivity contribution in [2.45, 2.75) is 19.9 Å². The second-order valence-corrected chi connectivity index (χ2v) is 8.48. The van der Waals surface area contributed by atoms with Crippen molar-refractivity contribution >= 4 is 34.3 Å². The summed E-state index contributed by atoms with van der Waals surface area (Å²) in [6.45, 7) is 4.84. The lowest BCUT2D eigenvalue weighted by molar-refractivity contribution is -0.131. The summed E-state index contributed by atoms with van der Waals surface area (Å²) in [5, 5.41) is 3.78. The highest BCUT2D eigenvalue weighted by molar-refractivity contribution is 5.78. The lowest BCUT2D eigenvalue weighted by atomic mass is 10.2. The molecule has 35 heavy (non-hydrogen) atoms. The van der Waals surface area contributed by atoms with Gasteiger partial charge in [0, 0.05) is 51.4 Å². The fourth-order valence-electron chi connectivity index (χ4n) is 4.15. The smallest absolute Gasteiger partial charge is 0.261 e. The molecule has 10 heteroatoms. The molecule has 4 aromatic rings. The number of fused-ring (bicyclic) bond motifs is 1. The molecular formula is C25H26N8O2. The molecule has 0 bridgehead atoms. The number of amides is 1. The predicted molar refractivity (Wildman–Crippen MR) is 134 cm³/mol. The Morgan fingerprint density at radius 3 is 2.60 bits per heavy atom. The van der Waals surface area contributed by atoms with E-state index in [1.807, 2.05) is 48.2 Å². The zero-order valence-corrected chi connectivity index (χ0v) is 19.5. The predicted octanol–water partition coefficient (Wildman–Crippen LogP) is 2.37. The van der Waals surface area contributed by atoms with Crippen molar-refractivity contribution < 1.29 is 4.79 Å². The van der Waals surface area contributed by atoms with E-state index in [0.717, 1.165) is 17.2 Å². The van der Waals surface area contributed by atoms with Gasteiger partial charge in [-0.1, -0.05) is 12.1 Å². The molecule has 4 heterocycles. The van der Waals surface area contributed by atoms with Crippen LogP contribution in [-0.4, -0.2) is 61.5 Å². The van der Waals surface area contributed by atoms with E-state index in [2.05, 4.69) is 30.2 Å². The zero-order valence-electron chi connectivity index (χ0n) is 19.5. The Balaban J connectivity index is 1.16. The number of aromatic nitrogens is 5. The average molecular weight is 471 g/mol. The third-order valence-corrected chi connectivity index (χ3v) is 6.08. The summed E-state index contributed by atoms with van der Waals surface area (Å²) < 4.78 is 1.51. The standard InChI is InChI=1S/C25H26N8O2/c1-18-6-8-26-21(14-18)30-22-15-23(28-16-27-22)31-10-12-32(13-11-31)24(34)7-9-33-17-29-20-5-3-2-4-19(20)25(33)35/h2-6,8,14-17H,7,9-13H2,1H3,(H,26,27,28,30). The summed E-state index contributed by atoms with van der Waals surface area (Å²) >= 11 is 0. The molecule has 1 aliphatic rings. The molecule has 0 radical (unpaired) electrons. The number of piperazine rings is 1. The number of nitrogens with zero attached hydrogens (tertiary/aromatic N) is 7. The fraction of sp³-hybridized carbons (Fsp3) is 0.280. The molecule has 0 atom stereocenters. The largest absolute Gasteiger partial charge is 0.353 e. The van der Waals surface area contributed by atoms with Gasteiger partial charge in [-0.15, -0.1) is 0 Å². The lowest BCUT2D eigenvalue weighted by Gasteiger charge is -2.35. The van der Waals surface area contributed by atoms with Gasteiger partial charge >= 0.3 is 0 Å². The topological polar surface area (TPSA) is 109 Å². The first-order valence-electron chi connectivity index (χ1n) is 11.6. The number of rotatable bonds is 6. The van der Waals surface area contributed by atoms with Crippen molar-refractivity contribution in [1.82, 2.24) is 29.4 Å². The first-order valence-corrected chi connectivity index (χ1v) is 11.6. The molecule has 0 aliphatic carbocycles.